The van der Waals surface area contributed by atoms with Crippen LogP contribution in [0.5, 0.6) is 0 Å². The molecule has 16 heavy (non-hydrogen) atoms. The highest BCUT2D eigenvalue weighted by Gasteiger charge is 2.09. The molecule has 0 fully saturated rings. The van der Waals surface area contributed by atoms with Gasteiger partial charge in [0.1, 0.15) is 5.82 Å². The van der Waals surface area contributed by atoms with Crippen molar-refractivity contribution < 1.29 is 8.60 Å². The summed E-state index contributed by atoms with van der Waals surface area (Å²) >= 11 is 0. The van der Waals surface area contributed by atoms with Gasteiger partial charge in [0.2, 0.25) is 0 Å². The Kier molecular flexibility index (Phi) is 4.93. The Morgan fingerprint density at radius 3 is 2.75 bits per heavy atom. The molecule has 0 aliphatic rings. The minimum atomic E-state index is -1.01. The predicted molar refractivity (Wildman–Crippen MR) is 67.0 cm³/mol. The molecule has 1 aromatic rings. The number of nitrogens with two attached hydrogens (primary N) is 1. The Hall–Kier alpha value is -0.900. The lowest BCUT2D eigenvalue weighted by Gasteiger charge is -2.07. The standard InChI is InChI=1S/C12H18FNOS/c1-9(2)6-7-16(15)8-10-4-3-5-11(14)12(10)13/h3-5,9H,6-8,14H2,1-2H3. The number of hydrogen-bond donors (Lipinski definition) is 1. The SMILES string of the molecule is CC(C)CCS(=O)Cc1cccc(N)c1F. The van der Waals surface area contributed by atoms with Crippen molar-refractivity contribution in [3.05, 3.63) is 29.6 Å². The lowest BCUT2D eigenvalue weighted by molar-refractivity contribution is 0.612. The minimum Gasteiger partial charge on any atom is -0.396 e. The monoisotopic (exact) mass is 243 g/mol. The summed E-state index contributed by atoms with van der Waals surface area (Å²) in [4.78, 5) is 0. The average molecular weight is 243 g/mol. The fourth-order valence-corrected chi connectivity index (χ4v) is 2.77. The summed E-state index contributed by atoms with van der Waals surface area (Å²) in [6.07, 6.45) is 0.899. The fraction of sp³-hybridized carbons (Fsp3) is 0.500. The van der Waals surface area contributed by atoms with Gasteiger partial charge < -0.3 is 5.73 Å². The maximum absolute atomic E-state index is 13.5. The van der Waals surface area contributed by atoms with E-state index in [2.05, 4.69) is 13.8 Å². The summed E-state index contributed by atoms with van der Waals surface area (Å²) in [7, 11) is -1.01. The van der Waals surface area contributed by atoms with Gasteiger partial charge in [-0.15, -0.1) is 0 Å². The van der Waals surface area contributed by atoms with Gasteiger partial charge in [0.15, 0.2) is 0 Å². The van der Waals surface area contributed by atoms with E-state index < -0.39 is 16.6 Å². The summed E-state index contributed by atoms with van der Waals surface area (Å²) in [5.41, 5.74) is 6.01. The molecule has 0 saturated carbocycles. The van der Waals surface area contributed by atoms with Crippen LogP contribution in [-0.4, -0.2) is 9.96 Å². The van der Waals surface area contributed by atoms with Gasteiger partial charge in [0.05, 0.1) is 11.4 Å². The third kappa shape index (κ3) is 3.93. The zero-order valence-electron chi connectivity index (χ0n) is 9.70. The van der Waals surface area contributed by atoms with E-state index in [1.807, 2.05) is 0 Å². The largest absolute Gasteiger partial charge is 0.396 e. The molecular weight excluding hydrogens is 225 g/mol. The van der Waals surface area contributed by atoms with Crippen molar-refractivity contribution >= 4 is 16.5 Å². The Balaban J connectivity index is 2.59. The maximum atomic E-state index is 13.5. The Morgan fingerprint density at radius 1 is 1.44 bits per heavy atom. The number of anilines is 1. The molecule has 1 aromatic carbocycles. The van der Waals surface area contributed by atoms with Crippen LogP contribution in [0, 0.1) is 11.7 Å². The minimum absolute atomic E-state index is 0.123. The summed E-state index contributed by atoms with van der Waals surface area (Å²) < 4.78 is 25.2. The molecule has 2 nitrogen and oxygen atoms in total. The van der Waals surface area contributed by atoms with E-state index in [9.17, 15) is 8.60 Å². The highest BCUT2D eigenvalue weighted by atomic mass is 32.2. The maximum Gasteiger partial charge on any atom is 0.150 e. The van der Waals surface area contributed by atoms with E-state index >= 15 is 0 Å². The van der Waals surface area contributed by atoms with Crippen LogP contribution in [0.25, 0.3) is 0 Å². The number of benzene rings is 1. The van der Waals surface area contributed by atoms with E-state index in [1.54, 1.807) is 12.1 Å². The van der Waals surface area contributed by atoms with E-state index in [4.69, 9.17) is 5.73 Å². The van der Waals surface area contributed by atoms with Gasteiger partial charge >= 0.3 is 0 Å². The molecule has 0 aliphatic carbocycles. The Labute approximate surface area is 98.5 Å². The predicted octanol–water partition coefficient (Wildman–Crippen LogP) is 2.70. The van der Waals surface area contributed by atoms with E-state index in [0.717, 1.165) is 6.42 Å². The van der Waals surface area contributed by atoms with Crippen molar-refractivity contribution in [2.24, 2.45) is 5.92 Å². The van der Waals surface area contributed by atoms with Crippen molar-refractivity contribution in [1.82, 2.24) is 0 Å². The molecule has 0 aromatic heterocycles. The third-order valence-corrected chi connectivity index (χ3v) is 3.67. The molecule has 0 amide bonds. The molecule has 0 aliphatic heterocycles. The number of nitrogen functional groups attached to an aromatic ring is 1. The second kappa shape index (κ2) is 5.99. The summed E-state index contributed by atoms with van der Waals surface area (Å²) in [6, 6.07) is 4.84. The Morgan fingerprint density at radius 2 is 2.12 bits per heavy atom. The fourth-order valence-electron chi connectivity index (χ4n) is 1.32. The van der Waals surface area contributed by atoms with E-state index in [1.165, 1.54) is 6.07 Å². The second-order valence-corrected chi connectivity index (χ2v) is 5.87. The molecule has 0 heterocycles. The summed E-state index contributed by atoms with van der Waals surface area (Å²) in [6.45, 7) is 4.16. The first kappa shape index (κ1) is 13.2. The van der Waals surface area contributed by atoms with Crippen molar-refractivity contribution in [1.29, 1.82) is 0 Å². The zero-order valence-corrected chi connectivity index (χ0v) is 10.5. The summed E-state index contributed by atoms with van der Waals surface area (Å²) in [5, 5.41) is 0. The third-order valence-electron chi connectivity index (χ3n) is 2.35. The van der Waals surface area contributed by atoms with E-state index in [0.29, 0.717) is 17.2 Å². The van der Waals surface area contributed by atoms with Crippen molar-refractivity contribution in [2.75, 3.05) is 11.5 Å². The van der Waals surface area contributed by atoms with Crippen molar-refractivity contribution in [2.45, 2.75) is 26.0 Å². The quantitative estimate of drug-likeness (QED) is 0.808. The first-order valence-electron chi connectivity index (χ1n) is 5.38. The van der Waals surface area contributed by atoms with Crippen LogP contribution in [0.4, 0.5) is 10.1 Å². The molecule has 0 spiro atoms. The van der Waals surface area contributed by atoms with Gasteiger partial charge in [0, 0.05) is 22.1 Å². The van der Waals surface area contributed by atoms with Crippen molar-refractivity contribution in [3.8, 4) is 0 Å². The van der Waals surface area contributed by atoms with Gasteiger partial charge in [-0.05, 0) is 18.4 Å². The molecule has 90 valence electrons. The first-order valence-corrected chi connectivity index (χ1v) is 6.87. The van der Waals surface area contributed by atoms with Gasteiger partial charge in [-0.3, -0.25) is 4.21 Å². The molecule has 1 rings (SSSR count). The van der Waals surface area contributed by atoms with E-state index in [-0.39, 0.29) is 11.4 Å². The lowest BCUT2D eigenvalue weighted by Crippen LogP contribution is -2.06. The summed E-state index contributed by atoms with van der Waals surface area (Å²) in [5.74, 6) is 0.963. The molecule has 4 heteroatoms. The lowest BCUT2D eigenvalue weighted by atomic mass is 10.2. The van der Waals surface area contributed by atoms with Crippen LogP contribution in [0.3, 0.4) is 0 Å². The van der Waals surface area contributed by atoms with Gasteiger partial charge in [0.25, 0.3) is 0 Å². The molecule has 0 bridgehead atoms. The molecule has 1 unspecified atom stereocenters. The van der Waals surface area contributed by atoms with Crippen LogP contribution in [-0.2, 0) is 16.6 Å². The van der Waals surface area contributed by atoms with Crippen LogP contribution < -0.4 is 5.73 Å². The zero-order chi connectivity index (χ0) is 12.1. The molecule has 0 saturated heterocycles. The van der Waals surface area contributed by atoms with Crippen molar-refractivity contribution in [3.63, 3.8) is 0 Å². The van der Waals surface area contributed by atoms with Gasteiger partial charge in [-0.25, -0.2) is 4.39 Å². The highest BCUT2D eigenvalue weighted by molar-refractivity contribution is 7.84. The average Bonchev–Trinajstić information content (AvgIpc) is 2.22. The normalized spacial score (nSPS) is 13.0. The topological polar surface area (TPSA) is 43.1 Å². The number of halogens is 1. The number of hydrogen-bond acceptors (Lipinski definition) is 2. The van der Waals surface area contributed by atoms with Gasteiger partial charge in [-0.2, -0.15) is 0 Å². The molecule has 2 N–H and O–H groups in total. The molecule has 1 atom stereocenters. The first-order chi connectivity index (χ1) is 7.50. The number of rotatable bonds is 5. The molecule has 0 radical (unpaired) electrons. The highest BCUT2D eigenvalue weighted by Crippen LogP contribution is 2.16. The van der Waals surface area contributed by atoms with Crippen LogP contribution >= 0.6 is 0 Å². The van der Waals surface area contributed by atoms with Crippen LogP contribution in [0.2, 0.25) is 0 Å². The molecular formula is C12H18FNOS. The smallest absolute Gasteiger partial charge is 0.150 e. The van der Waals surface area contributed by atoms with Crippen LogP contribution in [0.15, 0.2) is 18.2 Å². The Bertz CT molecular complexity index is 379. The van der Waals surface area contributed by atoms with Gasteiger partial charge in [-0.1, -0.05) is 26.0 Å². The van der Waals surface area contributed by atoms with Crippen LogP contribution in [0.1, 0.15) is 25.8 Å². The second-order valence-electron chi connectivity index (χ2n) is 4.29.